The van der Waals surface area contributed by atoms with Gasteiger partial charge in [0.2, 0.25) is 0 Å². The zero-order valence-corrected chi connectivity index (χ0v) is 13.2. The minimum Gasteiger partial charge on any atom is -0.604 e. The van der Waals surface area contributed by atoms with E-state index >= 15 is 0 Å². The SMILES string of the molecule is N#CC(C(=S)Nc1ccc([S+]([O-])C(F)(F)F)cc1)=C(O)C1CC1. The van der Waals surface area contributed by atoms with E-state index in [9.17, 15) is 22.8 Å². The lowest BCUT2D eigenvalue weighted by Gasteiger charge is -2.13. The molecule has 0 heterocycles. The maximum atomic E-state index is 12.4. The molecule has 0 aliphatic heterocycles. The normalized spacial score (nSPS) is 17.0. The van der Waals surface area contributed by atoms with Gasteiger partial charge in [0.25, 0.3) is 0 Å². The summed E-state index contributed by atoms with van der Waals surface area (Å²) < 4.78 is 48.3. The summed E-state index contributed by atoms with van der Waals surface area (Å²) in [7, 11) is 0. The Morgan fingerprint density at radius 3 is 2.35 bits per heavy atom. The van der Waals surface area contributed by atoms with Gasteiger partial charge in [-0.3, -0.25) is 0 Å². The molecule has 0 radical (unpaired) electrons. The topological polar surface area (TPSA) is 79.1 Å². The van der Waals surface area contributed by atoms with Crippen molar-refractivity contribution in [1.82, 2.24) is 0 Å². The predicted molar refractivity (Wildman–Crippen MR) is 83.1 cm³/mol. The van der Waals surface area contributed by atoms with E-state index in [-0.39, 0.29) is 27.1 Å². The zero-order valence-electron chi connectivity index (χ0n) is 11.6. The number of halogens is 3. The molecule has 0 amide bonds. The van der Waals surface area contributed by atoms with E-state index < -0.39 is 16.7 Å². The van der Waals surface area contributed by atoms with Gasteiger partial charge in [0.15, 0.2) is 4.90 Å². The molecule has 0 aromatic heterocycles. The van der Waals surface area contributed by atoms with Gasteiger partial charge >= 0.3 is 5.51 Å². The maximum absolute atomic E-state index is 12.4. The quantitative estimate of drug-likeness (QED) is 0.281. The molecule has 4 nitrogen and oxygen atoms in total. The Labute approximate surface area is 138 Å². The minimum absolute atomic E-state index is 0.0124. The van der Waals surface area contributed by atoms with Crippen molar-refractivity contribution in [2.45, 2.75) is 23.2 Å². The number of allylic oxidation sites excluding steroid dienone is 1. The van der Waals surface area contributed by atoms with Crippen LogP contribution in [0.2, 0.25) is 0 Å². The van der Waals surface area contributed by atoms with E-state index in [1.54, 1.807) is 0 Å². The molecular weight excluding hydrogens is 349 g/mol. The number of thiocarbonyl (C=S) groups is 1. The van der Waals surface area contributed by atoms with Gasteiger partial charge in [-0.2, -0.15) is 5.26 Å². The van der Waals surface area contributed by atoms with Gasteiger partial charge in [-0.05, 0) is 37.1 Å². The first-order chi connectivity index (χ1) is 10.7. The Balaban J connectivity index is 2.11. The van der Waals surface area contributed by atoms with Crippen LogP contribution in [0, 0.1) is 17.2 Å². The predicted octanol–water partition coefficient (Wildman–Crippen LogP) is 3.80. The largest absolute Gasteiger partial charge is 0.604 e. The number of aliphatic hydroxyl groups excluding tert-OH is 1. The summed E-state index contributed by atoms with van der Waals surface area (Å²) in [5.74, 6) is -0.124. The highest BCUT2D eigenvalue weighted by Crippen LogP contribution is 2.36. The number of benzene rings is 1. The van der Waals surface area contributed by atoms with E-state index in [0.717, 1.165) is 25.0 Å². The van der Waals surface area contributed by atoms with Crippen LogP contribution < -0.4 is 5.32 Å². The van der Waals surface area contributed by atoms with E-state index in [1.165, 1.54) is 12.1 Å². The second kappa shape index (κ2) is 6.78. The zero-order chi connectivity index (χ0) is 17.2. The van der Waals surface area contributed by atoms with Crippen molar-refractivity contribution in [2.24, 2.45) is 5.92 Å². The second-order valence-corrected chi connectivity index (χ2v) is 6.72. The molecular formula is C14H11F3N2O2S2. The third-order valence-corrected chi connectivity index (χ3v) is 4.52. The summed E-state index contributed by atoms with van der Waals surface area (Å²) in [6, 6.07) is 6.49. The van der Waals surface area contributed by atoms with Crippen LogP contribution in [0.25, 0.3) is 0 Å². The molecule has 122 valence electrons. The summed E-state index contributed by atoms with van der Waals surface area (Å²) in [4.78, 5) is -0.396. The number of hydrogen-bond donors (Lipinski definition) is 2. The van der Waals surface area contributed by atoms with Gasteiger partial charge in [-0.15, -0.1) is 13.2 Å². The van der Waals surface area contributed by atoms with Crippen molar-refractivity contribution in [3.63, 3.8) is 0 Å². The number of nitrogens with zero attached hydrogens (tertiary/aromatic N) is 1. The molecule has 1 atom stereocenters. The summed E-state index contributed by atoms with van der Waals surface area (Å²) in [5.41, 5.74) is -4.54. The Kier molecular flexibility index (Phi) is 5.19. The van der Waals surface area contributed by atoms with Crippen molar-refractivity contribution < 1.29 is 22.8 Å². The van der Waals surface area contributed by atoms with Crippen LogP contribution in [0.3, 0.4) is 0 Å². The lowest BCUT2D eigenvalue weighted by molar-refractivity contribution is -0.0435. The highest BCUT2D eigenvalue weighted by atomic mass is 32.2. The van der Waals surface area contributed by atoms with Crippen LogP contribution in [0.1, 0.15) is 12.8 Å². The fourth-order valence-corrected chi connectivity index (χ4v) is 2.69. The molecule has 1 fully saturated rings. The van der Waals surface area contributed by atoms with E-state index in [1.807, 2.05) is 6.07 Å². The van der Waals surface area contributed by atoms with Crippen LogP contribution in [0.5, 0.6) is 0 Å². The number of nitriles is 1. The molecule has 1 aromatic rings. The lowest BCUT2D eigenvalue weighted by atomic mass is 10.2. The third-order valence-electron chi connectivity index (χ3n) is 3.10. The van der Waals surface area contributed by atoms with Crippen LogP contribution in [0.4, 0.5) is 18.9 Å². The average Bonchev–Trinajstić information content (AvgIpc) is 3.31. The molecule has 0 bridgehead atoms. The lowest BCUT2D eigenvalue weighted by Crippen LogP contribution is -2.23. The fraction of sp³-hybridized carbons (Fsp3) is 0.286. The Morgan fingerprint density at radius 1 is 1.35 bits per heavy atom. The van der Waals surface area contributed by atoms with Crippen LogP contribution in [-0.4, -0.2) is 20.2 Å². The first-order valence-corrected chi connectivity index (χ1v) is 8.03. The molecule has 9 heteroatoms. The molecule has 1 aromatic carbocycles. The first-order valence-electron chi connectivity index (χ1n) is 6.47. The molecule has 1 saturated carbocycles. The van der Waals surface area contributed by atoms with Gasteiger partial charge in [0.1, 0.15) is 22.4 Å². The number of nitrogens with one attached hydrogen (secondary N) is 1. The highest BCUT2D eigenvalue weighted by Gasteiger charge is 2.45. The second-order valence-electron chi connectivity index (χ2n) is 4.84. The van der Waals surface area contributed by atoms with Gasteiger partial charge in [0, 0.05) is 11.6 Å². The van der Waals surface area contributed by atoms with Crippen LogP contribution in [0.15, 0.2) is 40.5 Å². The highest BCUT2D eigenvalue weighted by molar-refractivity contribution is 7.92. The van der Waals surface area contributed by atoms with Crippen LogP contribution in [-0.2, 0) is 11.2 Å². The number of aliphatic hydroxyl groups is 1. The van der Waals surface area contributed by atoms with E-state index in [0.29, 0.717) is 5.69 Å². The number of hydrogen-bond acceptors (Lipinski definition) is 4. The summed E-state index contributed by atoms with van der Waals surface area (Å²) >= 11 is 1.93. The van der Waals surface area contributed by atoms with E-state index in [4.69, 9.17) is 17.5 Å². The molecule has 2 rings (SSSR count). The summed E-state index contributed by atoms with van der Waals surface area (Å²) in [6.07, 6.45) is 1.58. The fourth-order valence-electron chi connectivity index (χ4n) is 1.77. The number of anilines is 1. The van der Waals surface area contributed by atoms with Crippen molar-refractivity contribution in [2.75, 3.05) is 5.32 Å². The Hall–Kier alpha value is -1.76. The third kappa shape index (κ3) is 4.37. The molecule has 0 saturated heterocycles. The van der Waals surface area contributed by atoms with Crippen molar-refractivity contribution in [3.05, 3.63) is 35.6 Å². The summed E-state index contributed by atoms with van der Waals surface area (Å²) in [5, 5.41) is 21.6. The van der Waals surface area contributed by atoms with Crippen LogP contribution >= 0.6 is 12.2 Å². The van der Waals surface area contributed by atoms with Crippen molar-refractivity contribution in [1.29, 1.82) is 5.26 Å². The number of alkyl halides is 3. The summed E-state index contributed by atoms with van der Waals surface area (Å²) in [6.45, 7) is 0. The smallest absolute Gasteiger partial charge is 0.578 e. The average molecular weight is 360 g/mol. The van der Waals surface area contributed by atoms with Crippen molar-refractivity contribution >= 4 is 34.1 Å². The Bertz CT molecular complexity index is 677. The first kappa shape index (κ1) is 17.6. The monoisotopic (exact) mass is 360 g/mol. The Morgan fingerprint density at radius 2 is 1.91 bits per heavy atom. The molecule has 1 aliphatic carbocycles. The maximum Gasteiger partial charge on any atom is 0.578 e. The molecule has 1 aliphatic rings. The number of rotatable bonds is 4. The minimum atomic E-state index is -4.82. The standard InChI is InChI=1S/C14H11F3N2O2S2/c15-14(16,17)23(21)10-5-3-9(4-6-10)19-13(22)11(7-18)12(20)8-1-2-8/h3-6,8,20H,1-2H2,(H,19,22). The van der Waals surface area contributed by atoms with Gasteiger partial charge in [-0.25, -0.2) is 0 Å². The molecule has 2 N–H and O–H groups in total. The van der Waals surface area contributed by atoms with Gasteiger partial charge < -0.3 is 15.0 Å². The molecule has 0 spiro atoms. The van der Waals surface area contributed by atoms with Gasteiger partial charge in [-0.1, -0.05) is 12.2 Å². The van der Waals surface area contributed by atoms with Crippen molar-refractivity contribution in [3.8, 4) is 6.07 Å². The van der Waals surface area contributed by atoms with Gasteiger partial charge in [0.05, 0.1) is 11.2 Å². The van der Waals surface area contributed by atoms with E-state index in [2.05, 4.69) is 5.32 Å². The molecule has 1 unspecified atom stereocenters. The molecule has 23 heavy (non-hydrogen) atoms.